The van der Waals surface area contributed by atoms with E-state index >= 15 is 0 Å². The predicted octanol–water partition coefficient (Wildman–Crippen LogP) is 4.31. The largest absolute Gasteiger partial charge is 0.497 e. The Morgan fingerprint density at radius 3 is 2.62 bits per heavy atom. The minimum absolute atomic E-state index is 0.0615. The smallest absolute Gasteiger partial charge is 0.245 e. The van der Waals surface area contributed by atoms with E-state index < -0.39 is 0 Å². The average Bonchev–Trinajstić information content (AvgIpc) is 2.78. The first-order chi connectivity index (χ1) is 14.2. The molecule has 0 unspecified atom stereocenters. The van der Waals surface area contributed by atoms with E-state index in [1.807, 2.05) is 65.7 Å². The van der Waals surface area contributed by atoms with Crippen LogP contribution in [-0.4, -0.2) is 31.1 Å². The summed E-state index contributed by atoms with van der Waals surface area (Å²) in [5, 5.41) is 15.3. The number of rotatable bonds is 4. The van der Waals surface area contributed by atoms with Crippen LogP contribution in [0.4, 0.5) is 5.69 Å². The summed E-state index contributed by atoms with van der Waals surface area (Å²) in [5.41, 5.74) is 2.55. The maximum absolute atomic E-state index is 13.2. The van der Waals surface area contributed by atoms with Gasteiger partial charge in [0.05, 0.1) is 30.9 Å². The number of hydrogen-bond acceptors (Lipinski definition) is 4. The number of hydrazine groups is 1. The number of methoxy groups -OCH3 is 1. The number of carbonyl (C=O) groups is 1. The highest BCUT2D eigenvalue weighted by Crippen LogP contribution is 2.32. The first-order valence-electron chi connectivity index (χ1n) is 9.84. The number of amides is 1. The standard InChI is InChI=1S/C24H23N3O2/c1-29-20-8-6-7-18(15-20)16-24(28)27-14-5-4-13-26(27)23-12-11-19(17-25)21-9-2-3-10-22(21)23/h2-3,6-12,15H,4-5,13-14,16H2,1H3. The highest BCUT2D eigenvalue weighted by atomic mass is 16.5. The lowest BCUT2D eigenvalue weighted by Gasteiger charge is -2.41. The van der Waals surface area contributed by atoms with Crippen molar-refractivity contribution in [3.05, 3.63) is 71.8 Å². The number of anilines is 1. The second-order valence-electron chi connectivity index (χ2n) is 7.17. The van der Waals surface area contributed by atoms with Gasteiger partial charge in [0.1, 0.15) is 5.75 Å². The minimum atomic E-state index is 0.0615. The molecule has 1 aliphatic rings. The number of carbonyl (C=O) groups excluding carboxylic acids is 1. The van der Waals surface area contributed by atoms with Gasteiger partial charge in [0.15, 0.2) is 0 Å². The van der Waals surface area contributed by atoms with Gasteiger partial charge in [0.2, 0.25) is 5.91 Å². The van der Waals surface area contributed by atoms with Gasteiger partial charge in [-0.1, -0.05) is 36.4 Å². The summed E-state index contributed by atoms with van der Waals surface area (Å²) in [6, 6.07) is 21.6. The summed E-state index contributed by atoms with van der Waals surface area (Å²) in [6.07, 6.45) is 2.33. The summed E-state index contributed by atoms with van der Waals surface area (Å²) < 4.78 is 5.28. The number of fused-ring (bicyclic) bond motifs is 1. The molecule has 29 heavy (non-hydrogen) atoms. The topological polar surface area (TPSA) is 56.6 Å². The molecule has 1 amide bonds. The average molecular weight is 385 g/mol. The zero-order chi connectivity index (χ0) is 20.2. The van der Waals surface area contributed by atoms with Gasteiger partial charge in [-0.05, 0) is 42.7 Å². The summed E-state index contributed by atoms with van der Waals surface area (Å²) >= 11 is 0. The van der Waals surface area contributed by atoms with E-state index in [4.69, 9.17) is 4.74 Å². The van der Waals surface area contributed by atoms with Gasteiger partial charge in [-0.2, -0.15) is 5.26 Å². The molecule has 1 aliphatic heterocycles. The number of hydrogen-bond donors (Lipinski definition) is 0. The van der Waals surface area contributed by atoms with Crippen molar-refractivity contribution in [2.45, 2.75) is 19.3 Å². The Balaban J connectivity index is 1.67. The second kappa shape index (κ2) is 8.24. The Bertz CT molecular complexity index is 1090. The molecule has 0 aliphatic carbocycles. The Morgan fingerprint density at radius 2 is 1.83 bits per heavy atom. The van der Waals surface area contributed by atoms with Crippen molar-refractivity contribution in [2.75, 3.05) is 25.2 Å². The molecule has 5 nitrogen and oxygen atoms in total. The summed E-state index contributed by atoms with van der Waals surface area (Å²) in [4.78, 5) is 13.2. The fourth-order valence-corrected chi connectivity index (χ4v) is 3.93. The Morgan fingerprint density at radius 1 is 1.03 bits per heavy atom. The van der Waals surface area contributed by atoms with Crippen molar-refractivity contribution < 1.29 is 9.53 Å². The fraction of sp³-hybridized carbons (Fsp3) is 0.250. The van der Waals surface area contributed by atoms with Crippen LogP contribution >= 0.6 is 0 Å². The molecule has 146 valence electrons. The molecule has 3 aromatic carbocycles. The van der Waals surface area contributed by atoms with Crippen molar-refractivity contribution >= 4 is 22.4 Å². The van der Waals surface area contributed by atoms with Crippen LogP contribution in [0.25, 0.3) is 10.8 Å². The highest BCUT2D eigenvalue weighted by molar-refractivity contribution is 5.98. The van der Waals surface area contributed by atoms with Crippen LogP contribution in [0.2, 0.25) is 0 Å². The van der Waals surface area contributed by atoms with E-state index in [1.54, 1.807) is 7.11 Å². The molecule has 0 atom stereocenters. The van der Waals surface area contributed by atoms with E-state index in [0.717, 1.165) is 47.2 Å². The van der Waals surface area contributed by atoms with Gasteiger partial charge in [0.25, 0.3) is 0 Å². The maximum atomic E-state index is 13.2. The zero-order valence-corrected chi connectivity index (χ0v) is 16.5. The zero-order valence-electron chi connectivity index (χ0n) is 16.5. The number of nitrogens with zero attached hydrogens (tertiary/aromatic N) is 3. The van der Waals surface area contributed by atoms with Crippen molar-refractivity contribution in [1.82, 2.24) is 5.01 Å². The third kappa shape index (κ3) is 3.74. The lowest BCUT2D eigenvalue weighted by Crippen LogP contribution is -2.51. The van der Waals surface area contributed by atoms with Crippen molar-refractivity contribution in [2.24, 2.45) is 0 Å². The van der Waals surface area contributed by atoms with Crippen molar-refractivity contribution in [3.63, 3.8) is 0 Å². The van der Waals surface area contributed by atoms with Crippen LogP contribution < -0.4 is 9.75 Å². The van der Waals surface area contributed by atoms with Gasteiger partial charge >= 0.3 is 0 Å². The third-order valence-corrected chi connectivity index (χ3v) is 5.36. The van der Waals surface area contributed by atoms with Gasteiger partial charge in [-0.25, -0.2) is 0 Å². The maximum Gasteiger partial charge on any atom is 0.245 e. The normalized spacial score (nSPS) is 13.9. The van der Waals surface area contributed by atoms with Gasteiger partial charge in [-0.3, -0.25) is 14.8 Å². The first-order valence-corrected chi connectivity index (χ1v) is 9.84. The monoisotopic (exact) mass is 385 g/mol. The van der Waals surface area contributed by atoms with Gasteiger partial charge in [-0.15, -0.1) is 0 Å². The van der Waals surface area contributed by atoms with E-state index in [2.05, 4.69) is 11.1 Å². The summed E-state index contributed by atoms with van der Waals surface area (Å²) in [6.45, 7) is 1.47. The van der Waals surface area contributed by atoms with Crippen LogP contribution in [0.15, 0.2) is 60.7 Å². The van der Waals surface area contributed by atoms with Crippen molar-refractivity contribution in [3.8, 4) is 11.8 Å². The minimum Gasteiger partial charge on any atom is -0.497 e. The SMILES string of the molecule is COc1cccc(CC(=O)N2CCCCN2c2ccc(C#N)c3ccccc23)c1. The van der Waals surface area contributed by atoms with Crippen LogP contribution in [0.1, 0.15) is 24.0 Å². The molecule has 0 N–H and O–H groups in total. The molecule has 5 heteroatoms. The van der Waals surface area contributed by atoms with Crippen LogP contribution in [0.3, 0.4) is 0 Å². The molecule has 0 aromatic heterocycles. The first kappa shape index (κ1) is 18.8. The van der Waals surface area contributed by atoms with Gasteiger partial charge in [0, 0.05) is 23.9 Å². The molecule has 4 rings (SSSR count). The lowest BCUT2D eigenvalue weighted by molar-refractivity contribution is -0.131. The van der Waals surface area contributed by atoms with E-state index in [1.165, 1.54) is 0 Å². The molecular formula is C24H23N3O2. The number of ether oxygens (including phenoxy) is 1. The van der Waals surface area contributed by atoms with Crippen LogP contribution in [0.5, 0.6) is 5.75 Å². The lowest BCUT2D eigenvalue weighted by atomic mass is 10.0. The molecule has 1 heterocycles. The van der Waals surface area contributed by atoms with Crippen molar-refractivity contribution in [1.29, 1.82) is 5.26 Å². The quantitative estimate of drug-likeness (QED) is 0.672. The van der Waals surface area contributed by atoms with E-state index in [-0.39, 0.29) is 5.91 Å². The van der Waals surface area contributed by atoms with Gasteiger partial charge < -0.3 is 4.74 Å². The number of benzene rings is 3. The van der Waals surface area contributed by atoms with E-state index in [9.17, 15) is 10.1 Å². The van der Waals surface area contributed by atoms with E-state index in [0.29, 0.717) is 18.5 Å². The molecule has 0 bridgehead atoms. The predicted molar refractivity (Wildman–Crippen MR) is 114 cm³/mol. The Kier molecular flexibility index (Phi) is 5.35. The fourth-order valence-electron chi connectivity index (χ4n) is 3.93. The molecular weight excluding hydrogens is 362 g/mol. The van der Waals surface area contributed by atoms with Crippen LogP contribution in [0, 0.1) is 11.3 Å². The highest BCUT2D eigenvalue weighted by Gasteiger charge is 2.26. The molecule has 0 radical (unpaired) electrons. The van der Waals surface area contributed by atoms with Crippen LogP contribution in [-0.2, 0) is 11.2 Å². The molecule has 1 fully saturated rings. The molecule has 3 aromatic rings. The Labute approximate surface area is 170 Å². The molecule has 0 spiro atoms. The molecule has 0 saturated carbocycles. The summed E-state index contributed by atoms with van der Waals surface area (Å²) in [5.74, 6) is 0.815. The molecule has 1 saturated heterocycles. The second-order valence-corrected chi connectivity index (χ2v) is 7.17. The summed E-state index contributed by atoms with van der Waals surface area (Å²) in [7, 11) is 1.63. The Hall–Kier alpha value is -3.52. The number of nitriles is 1. The third-order valence-electron chi connectivity index (χ3n) is 5.36.